The predicted octanol–water partition coefficient (Wildman–Crippen LogP) is 2.07. The van der Waals surface area contributed by atoms with Crippen molar-refractivity contribution in [3.8, 4) is 5.75 Å². The highest BCUT2D eigenvalue weighted by Crippen LogP contribution is 2.21. The van der Waals surface area contributed by atoms with E-state index in [1.54, 1.807) is 17.0 Å². The van der Waals surface area contributed by atoms with Crippen LogP contribution in [0.1, 0.15) is 36.5 Å². The van der Waals surface area contributed by atoms with Gasteiger partial charge in [0, 0.05) is 12.1 Å². The number of amides is 1. The van der Waals surface area contributed by atoms with Crippen LogP contribution in [0.2, 0.25) is 0 Å². The van der Waals surface area contributed by atoms with Gasteiger partial charge in [-0.3, -0.25) is 4.79 Å². The van der Waals surface area contributed by atoms with Crippen molar-refractivity contribution in [2.75, 3.05) is 19.8 Å². The third kappa shape index (κ3) is 3.26. The molecular formula is C15H21NO3. The number of nitrogens with zero attached hydrogens (tertiary/aromatic N) is 1. The third-order valence-electron chi connectivity index (χ3n) is 3.42. The Morgan fingerprint density at radius 3 is 2.79 bits per heavy atom. The summed E-state index contributed by atoms with van der Waals surface area (Å²) in [6.07, 6.45) is 2.82. The normalized spacial score (nSPS) is 18.6. The molecule has 104 valence electrons. The van der Waals surface area contributed by atoms with Crippen LogP contribution in [0, 0.1) is 0 Å². The van der Waals surface area contributed by atoms with E-state index in [1.807, 2.05) is 12.1 Å². The van der Waals surface area contributed by atoms with Gasteiger partial charge in [-0.1, -0.05) is 6.92 Å². The van der Waals surface area contributed by atoms with E-state index in [1.165, 1.54) is 0 Å². The topological polar surface area (TPSA) is 49.8 Å². The van der Waals surface area contributed by atoms with Crippen molar-refractivity contribution in [1.82, 2.24) is 4.90 Å². The van der Waals surface area contributed by atoms with Crippen LogP contribution in [0.25, 0.3) is 0 Å². The lowest BCUT2D eigenvalue weighted by Gasteiger charge is -2.23. The molecule has 1 N–H and O–H groups in total. The van der Waals surface area contributed by atoms with Crippen molar-refractivity contribution >= 4 is 5.91 Å². The minimum absolute atomic E-state index is 0.00130. The van der Waals surface area contributed by atoms with E-state index in [2.05, 4.69) is 6.92 Å². The first kappa shape index (κ1) is 13.9. The number of aliphatic hydroxyl groups excluding tert-OH is 1. The zero-order valence-electron chi connectivity index (χ0n) is 11.3. The molecule has 1 aromatic rings. The summed E-state index contributed by atoms with van der Waals surface area (Å²) in [5, 5.41) is 9.26. The summed E-state index contributed by atoms with van der Waals surface area (Å²) in [5.41, 5.74) is 0.657. The number of carbonyl (C=O) groups excluding carboxylic acids is 1. The molecule has 2 rings (SSSR count). The van der Waals surface area contributed by atoms with Gasteiger partial charge in [-0.25, -0.2) is 0 Å². The molecule has 0 unspecified atom stereocenters. The molecule has 1 fully saturated rings. The highest BCUT2D eigenvalue weighted by molar-refractivity contribution is 5.94. The molecule has 0 bridgehead atoms. The first-order chi connectivity index (χ1) is 9.26. The minimum Gasteiger partial charge on any atom is -0.494 e. The molecule has 1 amide bonds. The van der Waals surface area contributed by atoms with Gasteiger partial charge in [0.15, 0.2) is 0 Å². The Morgan fingerprint density at radius 1 is 1.42 bits per heavy atom. The summed E-state index contributed by atoms with van der Waals surface area (Å²) >= 11 is 0. The average molecular weight is 263 g/mol. The lowest BCUT2D eigenvalue weighted by molar-refractivity contribution is 0.0677. The SMILES string of the molecule is CCCOc1ccc(C(=O)N2CCC[C@@H]2CO)cc1. The molecule has 0 spiro atoms. The van der Waals surface area contributed by atoms with E-state index in [9.17, 15) is 9.90 Å². The fourth-order valence-electron chi connectivity index (χ4n) is 2.37. The van der Waals surface area contributed by atoms with Gasteiger partial charge in [0.25, 0.3) is 5.91 Å². The maximum Gasteiger partial charge on any atom is 0.254 e. The summed E-state index contributed by atoms with van der Waals surface area (Å²) in [7, 11) is 0. The van der Waals surface area contributed by atoms with Crippen LogP contribution in [0.15, 0.2) is 24.3 Å². The van der Waals surface area contributed by atoms with Gasteiger partial charge < -0.3 is 14.7 Å². The largest absolute Gasteiger partial charge is 0.494 e. The van der Waals surface area contributed by atoms with Gasteiger partial charge in [-0.15, -0.1) is 0 Å². The maximum absolute atomic E-state index is 12.3. The molecule has 0 radical (unpaired) electrons. The summed E-state index contributed by atoms with van der Waals surface area (Å²) < 4.78 is 5.49. The van der Waals surface area contributed by atoms with Crippen LogP contribution in [-0.4, -0.2) is 41.7 Å². The number of carbonyl (C=O) groups is 1. The van der Waals surface area contributed by atoms with Crippen molar-refractivity contribution in [1.29, 1.82) is 0 Å². The smallest absolute Gasteiger partial charge is 0.254 e. The fraction of sp³-hybridized carbons (Fsp3) is 0.533. The van der Waals surface area contributed by atoms with E-state index < -0.39 is 0 Å². The maximum atomic E-state index is 12.3. The van der Waals surface area contributed by atoms with Gasteiger partial charge in [0.2, 0.25) is 0 Å². The standard InChI is InChI=1S/C15H21NO3/c1-2-10-19-14-7-5-12(6-8-14)15(18)16-9-3-4-13(16)11-17/h5-8,13,17H,2-4,9-11H2,1H3/t13-/m1/s1. The number of benzene rings is 1. The van der Waals surface area contributed by atoms with E-state index in [4.69, 9.17) is 4.74 Å². The summed E-state index contributed by atoms with van der Waals surface area (Å²) in [6, 6.07) is 7.21. The highest BCUT2D eigenvalue weighted by atomic mass is 16.5. The Hall–Kier alpha value is -1.55. The van der Waals surface area contributed by atoms with E-state index in [0.29, 0.717) is 12.2 Å². The molecule has 4 nitrogen and oxygen atoms in total. The van der Waals surface area contributed by atoms with Crippen LogP contribution >= 0.6 is 0 Å². The predicted molar refractivity (Wildman–Crippen MR) is 73.4 cm³/mol. The monoisotopic (exact) mass is 263 g/mol. The van der Waals surface area contributed by atoms with Crippen LogP contribution in [0.4, 0.5) is 0 Å². The van der Waals surface area contributed by atoms with Crippen LogP contribution < -0.4 is 4.74 Å². The first-order valence-corrected chi connectivity index (χ1v) is 6.91. The van der Waals surface area contributed by atoms with Crippen LogP contribution in [0.5, 0.6) is 5.75 Å². The molecule has 0 saturated carbocycles. The molecule has 1 aliphatic rings. The average Bonchev–Trinajstić information content (AvgIpc) is 2.93. The first-order valence-electron chi connectivity index (χ1n) is 6.91. The zero-order valence-corrected chi connectivity index (χ0v) is 11.3. The lowest BCUT2D eigenvalue weighted by Crippen LogP contribution is -2.37. The molecule has 1 heterocycles. The summed E-state index contributed by atoms with van der Waals surface area (Å²) in [5.74, 6) is 0.789. The molecule has 1 aromatic carbocycles. The van der Waals surface area contributed by atoms with Crippen LogP contribution in [-0.2, 0) is 0 Å². The molecule has 1 aliphatic heterocycles. The van der Waals surface area contributed by atoms with Gasteiger partial charge in [0.1, 0.15) is 5.75 Å². The van der Waals surface area contributed by atoms with Crippen molar-refractivity contribution < 1.29 is 14.6 Å². The quantitative estimate of drug-likeness (QED) is 0.884. The van der Waals surface area contributed by atoms with E-state index in [-0.39, 0.29) is 18.6 Å². The summed E-state index contributed by atoms with van der Waals surface area (Å²) in [4.78, 5) is 14.1. The Bertz CT molecular complexity index is 416. The molecule has 0 aliphatic carbocycles. The highest BCUT2D eigenvalue weighted by Gasteiger charge is 2.28. The Labute approximate surface area is 114 Å². The fourth-order valence-corrected chi connectivity index (χ4v) is 2.37. The number of hydrogen-bond acceptors (Lipinski definition) is 3. The molecule has 1 atom stereocenters. The van der Waals surface area contributed by atoms with Gasteiger partial charge in [-0.2, -0.15) is 0 Å². The molecule has 4 heteroatoms. The van der Waals surface area contributed by atoms with Crippen molar-refractivity contribution in [2.45, 2.75) is 32.2 Å². The second kappa shape index (κ2) is 6.57. The van der Waals surface area contributed by atoms with Crippen molar-refractivity contribution in [3.63, 3.8) is 0 Å². The molecule has 19 heavy (non-hydrogen) atoms. The van der Waals surface area contributed by atoms with Gasteiger partial charge >= 0.3 is 0 Å². The second-order valence-electron chi connectivity index (χ2n) is 4.85. The molecular weight excluding hydrogens is 242 g/mol. The molecule has 1 saturated heterocycles. The van der Waals surface area contributed by atoms with E-state index >= 15 is 0 Å². The number of rotatable bonds is 5. The third-order valence-corrected chi connectivity index (χ3v) is 3.42. The Balaban J connectivity index is 2.03. The van der Waals surface area contributed by atoms with E-state index in [0.717, 1.165) is 31.6 Å². The summed E-state index contributed by atoms with van der Waals surface area (Å²) in [6.45, 7) is 3.52. The number of aliphatic hydroxyl groups is 1. The Kier molecular flexibility index (Phi) is 4.80. The second-order valence-corrected chi connectivity index (χ2v) is 4.85. The Morgan fingerprint density at radius 2 is 2.16 bits per heavy atom. The number of hydrogen-bond donors (Lipinski definition) is 1. The van der Waals surface area contributed by atoms with Gasteiger partial charge in [0.05, 0.1) is 19.3 Å². The van der Waals surface area contributed by atoms with Crippen molar-refractivity contribution in [2.24, 2.45) is 0 Å². The van der Waals surface area contributed by atoms with Gasteiger partial charge in [-0.05, 0) is 43.5 Å². The zero-order chi connectivity index (χ0) is 13.7. The lowest BCUT2D eigenvalue weighted by atomic mass is 10.1. The van der Waals surface area contributed by atoms with Crippen LogP contribution in [0.3, 0.4) is 0 Å². The molecule has 0 aromatic heterocycles. The van der Waals surface area contributed by atoms with Crippen molar-refractivity contribution in [3.05, 3.63) is 29.8 Å². The minimum atomic E-state index is -0.0245. The number of ether oxygens (including phenoxy) is 1. The number of likely N-dealkylation sites (tertiary alicyclic amines) is 1.